The van der Waals surface area contributed by atoms with Gasteiger partial charge in [-0.05, 0) is 12.1 Å². The zero-order valence-corrected chi connectivity index (χ0v) is 13.6. The number of rotatable bonds is 5. The summed E-state index contributed by atoms with van der Waals surface area (Å²) < 4.78 is 11.4. The van der Waals surface area contributed by atoms with Crippen LogP contribution in [0.5, 0.6) is 11.5 Å². The van der Waals surface area contributed by atoms with E-state index < -0.39 is 0 Å². The normalized spacial score (nSPS) is 15.8. The second-order valence-electron chi connectivity index (χ2n) is 5.09. The predicted octanol–water partition coefficient (Wildman–Crippen LogP) is 0.689. The average Bonchev–Trinajstić information content (AvgIpc) is 2.57. The number of thioether (sulfide) groups is 1. The summed E-state index contributed by atoms with van der Waals surface area (Å²) in [7, 11) is 0. The standard InChI is InChI=1S/C15H17N5O3S/c16-12-5-13(17)20-15(19-12)24-8-14(21)18-6-9-7-22-10-3-1-2-4-11(10)23-9/h1-5,9H,6-8H2,(H,18,21)(H4,16,17,19,20). The number of carbonyl (C=O) groups excluding carboxylic acids is 1. The van der Waals surface area contributed by atoms with Gasteiger partial charge in [0.1, 0.15) is 24.3 Å². The van der Waals surface area contributed by atoms with E-state index in [9.17, 15) is 4.79 Å². The van der Waals surface area contributed by atoms with Gasteiger partial charge in [0.25, 0.3) is 0 Å². The van der Waals surface area contributed by atoms with Gasteiger partial charge in [-0.2, -0.15) is 0 Å². The van der Waals surface area contributed by atoms with Gasteiger partial charge in [0.2, 0.25) is 5.91 Å². The lowest BCUT2D eigenvalue weighted by molar-refractivity contribution is -0.119. The Morgan fingerprint density at radius 1 is 1.25 bits per heavy atom. The Hall–Kier alpha value is -2.68. The van der Waals surface area contributed by atoms with Gasteiger partial charge >= 0.3 is 0 Å². The maximum absolute atomic E-state index is 11.9. The number of ether oxygens (including phenoxy) is 2. The number of benzene rings is 1. The molecule has 0 spiro atoms. The Morgan fingerprint density at radius 2 is 1.96 bits per heavy atom. The van der Waals surface area contributed by atoms with Crippen LogP contribution in [0.25, 0.3) is 0 Å². The molecule has 2 heterocycles. The SMILES string of the molecule is Nc1cc(N)nc(SCC(=O)NCC2COc3ccccc3O2)n1. The molecular formula is C15H17N5O3S. The van der Waals surface area contributed by atoms with E-state index in [4.69, 9.17) is 20.9 Å². The third kappa shape index (κ3) is 4.19. The molecule has 8 nitrogen and oxygen atoms in total. The summed E-state index contributed by atoms with van der Waals surface area (Å²) in [6.07, 6.45) is -0.229. The summed E-state index contributed by atoms with van der Waals surface area (Å²) >= 11 is 1.17. The highest BCUT2D eigenvalue weighted by atomic mass is 32.2. The summed E-state index contributed by atoms with van der Waals surface area (Å²) in [5.74, 6) is 1.95. The first-order valence-corrected chi connectivity index (χ1v) is 8.27. The molecule has 1 atom stereocenters. The van der Waals surface area contributed by atoms with Crippen LogP contribution in [-0.4, -0.2) is 40.9 Å². The van der Waals surface area contributed by atoms with E-state index in [2.05, 4.69) is 15.3 Å². The molecule has 1 amide bonds. The van der Waals surface area contributed by atoms with E-state index in [1.54, 1.807) is 0 Å². The first-order valence-electron chi connectivity index (χ1n) is 7.28. The van der Waals surface area contributed by atoms with Crippen LogP contribution in [-0.2, 0) is 4.79 Å². The molecule has 0 aliphatic carbocycles. The first kappa shape index (κ1) is 16.2. The molecule has 24 heavy (non-hydrogen) atoms. The number of anilines is 2. The van der Waals surface area contributed by atoms with Crippen molar-refractivity contribution in [2.45, 2.75) is 11.3 Å². The van der Waals surface area contributed by atoms with Crippen LogP contribution in [0, 0.1) is 0 Å². The molecule has 9 heteroatoms. The Kier molecular flexibility index (Phi) is 4.90. The number of hydrogen-bond donors (Lipinski definition) is 3. The largest absolute Gasteiger partial charge is 0.486 e. The van der Waals surface area contributed by atoms with Gasteiger partial charge < -0.3 is 26.3 Å². The van der Waals surface area contributed by atoms with Crippen molar-refractivity contribution in [3.05, 3.63) is 30.3 Å². The summed E-state index contributed by atoms with van der Waals surface area (Å²) in [4.78, 5) is 19.9. The summed E-state index contributed by atoms with van der Waals surface area (Å²) in [6.45, 7) is 0.743. The molecule has 1 aliphatic rings. The van der Waals surface area contributed by atoms with E-state index in [0.29, 0.717) is 29.8 Å². The van der Waals surface area contributed by atoms with Crippen molar-refractivity contribution >= 4 is 29.3 Å². The van der Waals surface area contributed by atoms with Gasteiger partial charge in [-0.15, -0.1) is 0 Å². The number of nitrogens with zero attached hydrogens (tertiary/aromatic N) is 2. The Bertz CT molecular complexity index is 723. The van der Waals surface area contributed by atoms with E-state index in [1.165, 1.54) is 17.8 Å². The summed E-state index contributed by atoms with van der Waals surface area (Å²) in [6, 6.07) is 8.89. The van der Waals surface area contributed by atoms with Gasteiger partial charge in [-0.25, -0.2) is 9.97 Å². The zero-order valence-electron chi connectivity index (χ0n) is 12.8. The fourth-order valence-corrected chi connectivity index (χ4v) is 2.80. The van der Waals surface area contributed by atoms with Crippen LogP contribution in [0.15, 0.2) is 35.5 Å². The lowest BCUT2D eigenvalue weighted by atomic mass is 10.2. The molecule has 126 valence electrons. The number of nitrogens with two attached hydrogens (primary N) is 2. The number of nitrogens with one attached hydrogen (secondary N) is 1. The quantitative estimate of drug-likeness (QED) is 0.533. The fourth-order valence-electron chi connectivity index (χ4n) is 2.10. The zero-order chi connectivity index (χ0) is 16.9. The van der Waals surface area contributed by atoms with Gasteiger partial charge in [0.15, 0.2) is 16.7 Å². The van der Waals surface area contributed by atoms with Crippen LogP contribution < -0.4 is 26.3 Å². The Labute approximate surface area is 142 Å². The van der Waals surface area contributed by atoms with Crippen LogP contribution in [0.4, 0.5) is 11.6 Å². The van der Waals surface area contributed by atoms with E-state index in [1.807, 2.05) is 24.3 Å². The molecule has 0 saturated carbocycles. The minimum atomic E-state index is -0.229. The molecule has 1 aliphatic heterocycles. The van der Waals surface area contributed by atoms with Crippen LogP contribution in [0.1, 0.15) is 0 Å². The lowest BCUT2D eigenvalue weighted by Crippen LogP contribution is -2.41. The highest BCUT2D eigenvalue weighted by molar-refractivity contribution is 7.99. The average molecular weight is 347 g/mol. The molecule has 0 fully saturated rings. The van der Waals surface area contributed by atoms with Crippen LogP contribution in [0.3, 0.4) is 0 Å². The van der Waals surface area contributed by atoms with Gasteiger partial charge in [0, 0.05) is 6.07 Å². The smallest absolute Gasteiger partial charge is 0.230 e. The molecule has 0 bridgehead atoms. The number of hydrogen-bond acceptors (Lipinski definition) is 8. The summed E-state index contributed by atoms with van der Waals surface area (Å²) in [5, 5.41) is 3.17. The maximum Gasteiger partial charge on any atom is 0.230 e. The maximum atomic E-state index is 11.9. The second kappa shape index (κ2) is 7.26. The van der Waals surface area contributed by atoms with Crippen molar-refractivity contribution in [3.63, 3.8) is 0 Å². The van der Waals surface area contributed by atoms with Crippen molar-refractivity contribution in [2.75, 3.05) is 30.4 Å². The molecule has 3 rings (SSSR count). The van der Waals surface area contributed by atoms with Crippen molar-refractivity contribution in [1.29, 1.82) is 0 Å². The molecule has 1 aromatic carbocycles. The lowest BCUT2D eigenvalue weighted by Gasteiger charge is -2.26. The van der Waals surface area contributed by atoms with Gasteiger partial charge in [-0.3, -0.25) is 4.79 Å². The molecule has 1 aromatic heterocycles. The van der Waals surface area contributed by atoms with Gasteiger partial charge in [0.05, 0.1) is 12.3 Å². The highest BCUT2D eigenvalue weighted by Crippen LogP contribution is 2.30. The highest BCUT2D eigenvalue weighted by Gasteiger charge is 2.21. The van der Waals surface area contributed by atoms with Crippen molar-refractivity contribution < 1.29 is 14.3 Å². The Morgan fingerprint density at radius 3 is 2.71 bits per heavy atom. The van der Waals surface area contributed by atoms with Crippen LogP contribution in [0.2, 0.25) is 0 Å². The predicted molar refractivity (Wildman–Crippen MR) is 90.9 cm³/mol. The minimum absolute atomic E-state index is 0.160. The van der Waals surface area contributed by atoms with E-state index >= 15 is 0 Å². The Balaban J connectivity index is 1.45. The number of nitrogen functional groups attached to an aromatic ring is 2. The van der Waals surface area contributed by atoms with Crippen molar-refractivity contribution in [3.8, 4) is 11.5 Å². The third-order valence-electron chi connectivity index (χ3n) is 3.17. The monoisotopic (exact) mass is 347 g/mol. The van der Waals surface area contributed by atoms with Crippen LogP contribution >= 0.6 is 11.8 Å². The molecule has 5 N–H and O–H groups in total. The third-order valence-corrected chi connectivity index (χ3v) is 4.02. The first-order chi connectivity index (χ1) is 11.6. The number of aromatic nitrogens is 2. The number of fused-ring (bicyclic) bond motifs is 1. The molecule has 1 unspecified atom stereocenters. The molecule has 0 radical (unpaired) electrons. The molecule has 0 saturated heterocycles. The topological polar surface area (TPSA) is 125 Å². The number of para-hydroxylation sites is 2. The number of amides is 1. The fraction of sp³-hybridized carbons (Fsp3) is 0.267. The van der Waals surface area contributed by atoms with E-state index in [-0.39, 0.29) is 29.4 Å². The van der Waals surface area contributed by atoms with Gasteiger partial charge in [-0.1, -0.05) is 23.9 Å². The number of carbonyl (C=O) groups is 1. The molecule has 2 aromatic rings. The summed E-state index contributed by atoms with van der Waals surface area (Å²) in [5.41, 5.74) is 11.2. The van der Waals surface area contributed by atoms with E-state index in [0.717, 1.165) is 0 Å². The molecular weight excluding hydrogens is 330 g/mol. The van der Waals surface area contributed by atoms with Crippen molar-refractivity contribution in [1.82, 2.24) is 15.3 Å². The minimum Gasteiger partial charge on any atom is -0.486 e. The van der Waals surface area contributed by atoms with Crippen molar-refractivity contribution in [2.24, 2.45) is 0 Å². The second-order valence-corrected chi connectivity index (χ2v) is 6.03.